The van der Waals surface area contributed by atoms with Crippen LogP contribution in [0.5, 0.6) is 0 Å². The summed E-state index contributed by atoms with van der Waals surface area (Å²) >= 11 is 1.59. The Kier molecular flexibility index (Phi) is 4.86. The van der Waals surface area contributed by atoms with Crippen LogP contribution in [0.2, 0.25) is 0 Å². The van der Waals surface area contributed by atoms with Crippen molar-refractivity contribution in [2.24, 2.45) is 0 Å². The van der Waals surface area contributed by atoms with E-state index < -0.39 is 0 Å². The summed E-state index contributed by atoms with van der Waals surface area (Å²) in [4.78, 5) is 13.4. The van der Waals surface area contributed by atoms with Crippen molar-refractivity contribution in [1.82, 2.24) is 9.78 Å². The highest BCUT2D eigenvalue weighted by molar-refractivity contribution is 7.10. The molecule has 1 aromatic carbocycles. The first kappa shape index (κ1) is 17.2. The Morgan fingerprint density at radius 1 is 1.16 bits per heavy atom. The van der Waals surface area contributed by atoms with Gasteiger partial charge in [-0.15, -0.1) is 11.3 Å². The molecule has 0 aliphatic heterocycles. The van der Waals surface area contributed by atoms with Gasteiger partial charge in [-0.25, -0.2) is 4.68 Å². The Morgan fingerprint density at radius 3 is 2.56 bits per heavy atom. The third kappa shape index (κ3) is 4.25. The molecule has 3 rings (SSSR count). The number of thiophene rings is 1. The van der Waals surface area contributed by atoms with E-state index in [1.807, 2.05) is 60.0 Å². The molecule has 2 aromatic heterocycles. The van der Waals surface area contributed by atoms with Crippen molar-refractivity contribution in [2.45, 2.75) is 26.2 Å². The maximum absolute atomic E-state index is 12.3. The lowest BCUT2D eigenvalue weighted by Crippen LogP contribution is -2.13. The lowest BCUT2D eigenvalue weighted by Gasteiger charge is -2.14. The average Bonchev–Trinajstić information content (AvgIpc) is 3.23. The van der Waals surface area contributed by atoms with Gasteiger partial charge in [-0.1, -0.05) is 45.0 Å². The van der Waals surface area contributed by atoms with Gasteiger partial charge in [0.25, 0.3) is 0 Å². The lowest BCUT2D eigenvalue weighted by molar-refractivity contribution is -0.111. The normalized spacial score (nSPS) is 11.8. The molecule has 0 aliphatic rings. The Bertz CT molecular complexity index is 872. The third-order valence-corrected chi connectivity index (χ3v) is 4.51. The second kappa shape index (κ2) is 7.07. The van der Waals surface area contributed by atoms with E-state index in [0.29, 0.717) is 5.82 Å². The quantitative estimate of drug-likeness (QED) is 0.681. The van der Waals surface area contributed by atoms with Gasteiger partial charge in [0.2, 0.25) is 5.91 Å². The Labute approximate surface area is 151 Å². The van der Waals surface area contributed by atoms with Crippen molar-refractivity contribution < 1.29 is 4.79 Å². The number of hydrogen-bond donors (Lipinski definition) is 1. The highest BCUT2D eigenvalue weighted by atomic mass is 32.1. The van der Waals surface area contributed by atoms with Crippen molar-refractivity contribution in [2.75, 3.05) is 5.32 Å². The number of para-hydroxylation sites is 1. The summed E-state index contributed by atoms with van der Waals surface area (Å²) in [6.45, 7) is 6.31. The molecule has 0 fully saturated rings. The molecule has 4 nitrogen and oxygen atoms in total. The van der Waals surface area contributed by atoms with Crippen LogP contribution in [-0.4, -0.2) is 15.7 Å². The number of aromatic nitrogens is 2. The molecule has 1 N–H and O–H groups in total. The number of rotatable bonds is 4. The lowest BCUT2D eigenvalue weighted by atomic mass is 9.92. The molecule has 0 saturated carbocycles. The molecule has 0 aliphatic carbocycles. The number of carbonyl (C=O) groups is 1. The second-order valence-corrected chi connectivity index (χ2v) is 7.73. The molecule has 5 heteroatoms. The topological polar surface area (TPSA) is 46.9 Å². The SMILES string of the molecule is CC(C)(C)c1cc(NC(=O)/C=C/c2cccs2)n(-c2ccccc2)n1. The van der Waals surface area contributed by atoms with E-state index in [0.717, 1.165) is 16.3 Å². The van der Waals surface area contributed by atoms with Crippen LogP contribution in [0, 0.1) is 0 Å². The third-order valence-electron chi connectivity index (χ3n) is 3.67. The highest BCUT2D eigenvalue weighted by Gasteiger charge is 2.21. The van der Waals surface area contributed by atoms with Crippen LogP contribution in [0.3, 0.4) is 0 Å². The van der Waals surface area contributed by atoms with E-state index in [2.05, 4.69) is 26.1 Å². The maximum Gasteiger partial charge on any atom is 0.249 e. The van der Waals surface area contributed by atoms with Gasteiger partial charge in [-0.05, 0) is 29.7 Å². The van der Waals surface area contributed by atoms with Crippen LogP contribution in [0.15, 0.2) is 60.0 Å². The summed E-state index contributed by atoms with van der Waals surface area (Å²) in [7, 11) is 0. The molecule has 3 aromatic rings. The van der Waals surface area contributed by atoms with Gasteiger partial charge in [0, 0.05) is 22.4 Å². The molecule has 0 unspecified atom stereocenters. The van der Waals surface area contributed by atoms with Crippen LogP contribution in [0.25, 0.3) is 11.8 Å². The number of anilines is 1. The maximum atomic E-state index is 12.3. The minimum Gasteiger partial charge on any atom is -0.307 e. The molecular weight excluding hydrogens is 330 g/mol. The molecule has 0 bridgehead atoms. The molecular formula is C20H21N3OS. The number of nitrogens with zero attached hydrogens (tertiary/aromatic N) is 2. The van der Waals surface area contributed by atoms with Crippen LogP contribution in [0.4, 0.5) is 5.82 Å². The zero-order valence-corrected chi connectivity index (χ0v) is 15.4. The molecule has 128 valence electrons. The fourth-order valence-electron chi connectivity index (χ4n) is 2.31. The van der Waals surface area contributed by atoms with E-state index >= 15 is 0 Å². The van der Waals surface area contributed by atoms with Crippen LogP contribution >= 0.6 is 11.3 Å². The number of amides is 1. The fraction of sp³-hybridized carbons (Fsp3) is 0.200. The molecule has 0 atom stereocenters. The van der Waals surface area contributed by atoms with E-state index in [-0.39, 0.29) is 11.3 Å². The summed E-state index contributed by atoms with van der Waals surface area (Å²) in [6.07, 6.45) is 3.36. The zero-order valence-electron chi connectivity index (χ0n) is 14.6. The van der Waals surface area contributed by atoms with Crippen LogP contribution in [-0.2, 0) is 10.2 Å². The molecule has 1 amide bonds. The van der Waals surface area contributed by atoms with E-state index in [4.69, 9.17) is 5.10 Å². The zero-order chi connectivity index (χ0) is 17.9. The fourth-order valence-corrected chi connectivity index (χ4v) is 2.93. The summed E-state index contributed by atoms with van der Waals surface area (Å²) in [5.41, 5.74) is 1.73. The van der Waals surface area contributed by atoms with E-state index in [9.17, 15) is 4.79 Å². The predicted molar refractivity (Wildman–Crippen MR) is 104 cm³/mol. The van der Waals surface area contributed by atoms with Gasteiger partial charge >= 0.3 is 0 Å². The van der Waals surface area contributed by atoms with E-state index in [1.54, 1.807) is 22.1 Å². The predicted octanol–water partition coefficient (Wildman–Crippen LogP) is 4.88. The first-order valence-electron chi connectivity index (χ1n) is 8.12. The standard InChI is InChI=1S/C20H21N3OS/c1-20(2,3)17-14-18(23(22-17)15-8-5-4-6-9-15)21-19(24)12-11-16-10-7-13-25-16/h4-14H,1-3H3,(H,21,24)/b12-11+. The van der Waals surface area contributed by atoms with Crippen molar-refractivity contribution in [3.05, 3.63) is 70.6 Å². The molecule has 25 heavy (non-hydrogen) atoms. The summed E-state index contributed by atoms with van der Waals surface area (Å²) in [6, 6.07) is 15.7. The van der Waals surface area contributed by atoms with E-state index in [1.165, 1.54) is 0 Å². The summed E-state index contributed by atoms with van der Waals surface area (Å²) < 4.78 is 1.78. The summed E-state index contributed by atoms with van der Waals surface area (Å²) in [5.74, 6) is 0.489. The number of carbonyl (C=O) groups excluding carboxylic acids is 1. The second-order valence-electron chi connectivity index (χ2n) is 6.75. The Hall–Kier alpha value is -2.66. The average molecular weight is 351 g/mol. The molecule has 0 spiro atoms. The minimum atomic E-state index is -0.175. The first-order valence-corrected chi connectivity index (χ1v) is 9.00. The van der Waals surface area contributed by atoms with Gasteiger partial charge in [0.15, 0.2) is 0 Å². The smallest absolute Gasteiger partial charge is 0.249 e. The summed E-state index contributed by atoms with van der Waals surface area (Å²) in [5, 5.41) is 9.62. The number of nitrogens with one attached hydrogen (secondary N) is 1. The van der Waals surface area contributed by atoms with Gasteiger partial charge in [0.05, 0.1) is 11.4 Å². The van der Waals surface area contributed by atoms with Crippen LogP contribution in [0.1, 0.15) is 31.3 Å². The molecule has 0 radical (unpaired) electrons. The van der Waals surface area contributed by atoms with Crippen molar-refractivity contribution in [1.29, 1.82) is 0 Å². The van der Waals surface area contributed by atoms with Gasteiger partial charge in [-0.2, -0.15) is 5.10 Å². The number of benzene rings is 1. The van der Waals surface area contributed by atoms with Crippen molar-refractivity contribution in [3.8, 4) is 5.69 Å². The van der Waals surface area contributed by atoms with Gasteiger partial charge in [0.1, 0.15) is 5.82 Å². The minimum absolute atomic E-state index is 0.105. The van der Waals surface area contributed by atoms with Gasteiger partial charge in [-0.3, -0.25) is 4.79 Å². The van der Waals surface area contributed by atoms with Crippen LogP contribution < -0.4 is 5.32 Å². The van der Waals surface area contributed by atoms with Gasteiger partial charge < -0.3 is 5.32 Å². The largest absolute Gasteiger partial charge is 0.307 e. The first-order chi connectivity index (χ1) is 11.9. The monoisotopic (exact) mass is 351 g/mol. The van der Waals surface area contributed by atoms with Crippen molar-refractivity contribution in [3.63, 3.8) is 0 Å². The van der Waals surface area contributed by atoms with Crippen molar-refractivity contribution >= 4 is 29.1 Å². The Balaban J connectivity index is 1.89. The highest BCUT2D eigenvalue weighted by Crippen LogP contribution is 2.26. The Morgan fingerprint density at radius 2 is 1.92 bits per heavy atom. The number of hydrogen-bond acceptors (Lipinski definition) is 3. The molecule has 2 heterocycles. The molecule has 0 saturated heterocycles.